The van der Waals surface area contributed by atoms with Crippen molar-refractivity contribution in [3.05, 3.63) is 10.6 Å². The maximum atomic E-state index is 12.2. The van der Waals surface area contributed by atoms with Crippen molar-refractivity contribution in [2.75, 3.05) is 24.2 Å². The number of carbonyl (C=O) groups excluding carboxylic acids is 1. The summed E-state index contributed by atoms with van der Waals surface area (Å²) in [7, 11) is -3.14. The molecule has 0 aromatic carbocycles. The number of hydrogen-bond donors (Lipinski definition) is 1. The minimum absolute atomic E-state index is 0.0581. The van der Waals surface area contributed by atoms with E-state index in [2.05, 4.69) is 10.3 Å². The van der Waals surface area contributed by atoms with E-state index < -0.39 is 10.0 Å². The van der Waals surface area contributed by atoms with Crippen LogP contribution >= 0.6 is 11.3 Å². The molecule has 118 valence electrons. The number of hydrogen-bond acceptors (Lipinski definition) is 5. The first kappa shape index (κ1) is 16.4. The van der Waals surface area contributed by atoms with Gasteiger partial charge in [0.25, 0.3) is 0 Å². The van der Waals surface area contributed by atoms with E-state index in [4.69, 9.17) is 0 Å². The number of aryl methyl sites for hydroxylation is 2. The molecule has 0 unspecified atom stereocenters. The highest BCUT2D eigenvalue weighted by molar-refractivity contribution is 7.89. The lowest BCUT2D eigenvalue weighted by molar-refractivity contribution is -0.120. The first-order chi connectivity index (χ1) is 9.83. The molecule has 2 rings (SSSR count). The summed E-state index contributed by atoms with van der Waals surface area (Å²) < 4.78 is 25.0. The van der Waals surface area contributed by atoms with Crippen molar-refractivity contribution in [2.45, 2.75) is 33.6 Å². The second-order valence-corrected chi connectivity index (χ2v) is 8.68. The van der Waals surface area contributed by atoms with Gasteiger partial charge >= 0.3 is 0 Å². The zero-order valence-electron chi connectivity index (χ0n) is 12.5. The van der Waals surface area contributed by atoms with E-state index in [9.17, 15) is 13.2 Å². The van der Waals surface area contributed by atoms with Crippen molar-refractivity contribution >= 4 is 32.4 Å². The minimum Gasteiger partial charge on any atom is -0.302 e. The van der Waals surface area contributed by atoms with E-state index >= 15 is 0 Å². The van der Waals surface area contributed by atoms with Gasteiger partial charge in [-0.2, -0.15) is 0 Å². The van der Waals surface area contributed by atoms with Crippen LogP contribution in [-0.4, -0.2) is 42.5 Å². The highest BCUT2D eigenvalue weighted by Crippen LogP contribution is 2.24. The van der Waals surface area contributed by atoms with Crippen molar-refractivity contribution in [1.82, 2.24) is 9.29 Å². The Kier molecular flexibility index (Phi) is 5.00. The molecule has 1 aromatic heterocycles. The molecule has 1 N–H and O–H groups in total. The summed E-state index contributed by atoms with van der Waals surface area (Å²) in [5.41, 5.74) is 0.930. The Bertz CT molecular complexity index is 597. The van der Waals surface area contributed by atoms with Gasteiger partial charge in [0.05, 0.1) is 11.4 Å². The van der Waals surface area contributed by atoms with Gasteiger partial charge in [0.15, 0.2) is 5.13 Å². The van der Waals surface area contributed by atoms with Gasteiger partial charge in [-0.3, -0.25) is 4.79 Å². The Balaban J connectivity index is 1.91. The molecule has 0 radical (unpaired) electrons. The third kappa shape index (κ3) is 3.81. The third-order valence-electron chi connectivity index (χ3n) is 3.84. The molecule has 1 aromatic rings. The van der Waals surface area contributed by atoms with E-state index in [1.807, 2.05) is 13.8 Å². The molecule has 8 heteroatoms. The van der Waals surface area contributed by atoms with Gasteiger partial charge in [0, 0.05) is 23.9 Å². The average Bonchev–Trinajstić information content (AvgIpc) is 2.77. The highest BCUT2D eigenvalue weighted by Gasteiger charge is 2.30. The molecular formula is C13H21N3O3S2. The Hall–Kier alpha value is -0.990. The van der Waals surface area contributed by atoms with Gasteiger partial charge in [-0.25, -0.2) is 17.7 Å². The van der Waals surface area contributed by atoms with Crippen LogP contribution in [-0.2, 0) is 14.8 Å². The number of nitrogens with zero attached hydrogens (tertiary/aromatic N) is 2. The molecule has 1 aliphatic heterocycles. The van der Waals surface area contributed by atoms with Gasteiger partial charge in [-0.05, 0) is 33.6 Å². The van der Waals surface area contributed by atoms with E-state index in [-0.39, 0.29) is 17.6 Å². The van der Waals surface area contributed by atoms with Crippen molar-refractivity contribution < 1.29 is 13.2 Å². The fourth-order valence-electron chi connectivity index (χ4n) is 2.31. The molecule has 0 aliphatic carbocycles. The molecule has 0 atom stereocenters. The van der Waals surface area contributed by atoms with Gasteiger partial charge in [-0.15, -0.1) is 11.3 Å². The molecule has 1 fully saturated rings. The van der Waals surface area contributed by atoms with Crippen LogP contribution < -0.4 is 5.32 Å². The van der Waals surface area contributed by atoms with Crippen molar-refractivity contribution in [1.29, 1.82) is 0 Å². The smallest absolute Gasteiger partial charge is 0.229 e. The van der Waals surface area contributed by atoms with E-state index in [1.165, 1.54) is 15.6 Å². The largest absolute Gasteiger partial charge is 0.302 e. The molecule has 1 aliphatic rings. The summed E-state index contributed by atoms with van der Waals surface area (Å²) in [5, 5.41) is 3.47. The Morgan fingerprint density at radius 2 is 2.00 bits per heavy atom. The number of amides is 1. The molecular weight excluding hydrogens is 310 g/mol. The molecule has 21 heavy (non-hydrogen) atoms. The number of nitrogens with one attached hydrogen (secondary N) is 1. The van der Waals surface area contributed by atoms with Crippen LogP contribution in [0.4, 0.5) is 5.13 Å². The number of rotatable bonds is 4. The summed E-state index contributed by atoms with van der Waals surface area (Å²) in [6, 6.07) is 0. The van der Waals surface area contributed by atoms with Crippen LogP contribution in [0.1, 0.15) is 30.3 Å². The summed E-state index contributed by atoms with van der Waals surface area (Å²) in [5.74, 6) is -0.0863. The number of carbonyl (C=O) groups is 1. The number of thiazole rings is 1. The van der Waals surface area contributed by atoms with Crippen LogP contribution in [0.5, 0.6) is 0 Å². The topological polar surface area (TPSA) is 79.4 Å². The van der Waals surface area contributed by atoms with Gasteiger partial charge in [0.1, 0.15) is 0 Å². The predicted molar refractivity (Wildman–Crippen MR) is 84.0 cm³/mol. The quantitative estimate of drug-likeness (QED) is 0.912. The molecule has 0 spiro atoms. The fraction of sp³-hybridized carbons (Fsp3) is 0.692. The van der Waals surface area contributed by atoms with E-state index in [0.717, 1.165) is 10.6 Å². The summed E-state index contributed by atoms with van der Waals surface area (Å²) in [6.07, 6.45) is 1.13. The summed E-state index contributed by atoms with van der Waals surface area (Å²) in [4.78, 5) is 17.6. The van der Waals surface area contributed by atoms with Crippen molar-refractivity contribution in [3.63, 3.8) is 0 Å². The predicted octanol–water partition coefficient (Wildman–Crippen LogP) is 1.76. The lowest BCUT2D eigenvalue weighted by Crippen LogP contribution is -2.42. The minimum atomic E-state index is -3.14. The first-order valence-electron chi connectivity index (χ1n) is 7.06. The molecule has 0 saturated carbocycles. The zero-order valence-corrected chi connectivity index (χ0v) is 14.2. The summed E-state index contributed by atoms with van der Waals surface area (Å²) in [6.45, 7) is 6.36. The molecule has 0 bridgehead atoms. The number of anilines is 1. The number of sulfonamides is 1. The Morgan fingerprint density at radius 1 is 1.38 bits per heavy atom. The lowest BCUT2D eigenvalue weighted by Gasteiger charge is -2.30. The van der Waals surface area contributed by atoms with Crippen LogP contribution in [0.2, 0.25) is 0 Å². The third-order valence-corrected chi connectivity index (χ3v) is 6.71. The van der Waals surface area contributed by atoms with Gasteiger partial charge in [-0.1, -0.05) is 0 Å². The van der Waals surface area contributed by atoms with Crippen LogP contribution in [0.3, 0.4) is 0 Å². The van der Waals surface area contributed by atoms with Crippen LogP contribution in [0, 0.1) is 19.8 Å². The monoisotopic (exact) mass is 331 g/mol. The van der Waals surface area contributed by atoms with Crippen LogP contribution in [0.15, 0.2) is 0 Å². The highest BCUT2D eigenvalue weighted by atomic mass is 32.2. The average molecular weight is 331 g/mol. The maximum absolute atomic E-state index is 12.2. The number of aromatic nitrogens is 1. The SMILES string of the molecule is CCS(=O)(=O)N1CCC(C(=O)Nc2nc(C)c(C)s2)CC1. The molecule has 1 amide bonds. The lowest BCUT2D eigenvalue weighted by atomic mass is 9.97. The van der Waals surface area contributed by atoms with Crippen LogP contribution in [0.25, 0.3) is 0 Å². The molecule has 6 nitrogen and oxygen atoms in total. The molecule has 1 saturated heterocycles. The van der Waals surface area contributed by atoms with Gasteiger partial charge < -0.3 is 5.32 Å². The number of piperidine rings is 1. The van der Waals surface area contributed by atoms with Crippen molar-refractivity contribution in [2.24, 2.45) is 5.92 Å². The van der Waals surface area contributed by atoms with E-state index in [1.54, 1.807) is 6.92 Å². The second kappa shape index (κ2) is 6.41. The second-order valence-electron chi connectivity index (χ2n) is 5.22. The fourth-order valence-corrected chi connectivity index (χ4v) is 4.26. The standard InChI is InChI=1S/C13H21N3O3S2/c1-4-21(18,19)16-7-5-11(6-8-16)12(17)15-13-14-9(2)10(3)20-13/h11H,4-8H2,1-3H3,(H,14,15,17). The van der Waals surface area contributed by atoms with Gasteiger partial charge in [0.2, 0.25) is 15.9 Å². The van der Waals surface area contributed by atoms with E-state index in [0.29, 0.717) is 31.1 Å². The van der Waals surface area contributed by atoms with Crippen molar-refractivity contribution in [3.8, 4) is 0 Å². The Morgan fingerprint density at radius 3 is 2.48 bits per heavy atom. The summed E-state index contributed by atoms with van der Waals surface area (Å²) >= 11 is 1.47. The maximum Gasteiger partial charge on any atom is 0.229 e. The normalized spacial score (nSPS) is 17.9. The molecule has 2 heterocycles. The Labute approximate surface area is 129 Å². The zero-order chi connectivity index (χ0) is 15.6. The first-order valence-corrected chi connectivity index (χ1v) is 9.48.